The van der Waals surface area contributed by atoms with Gasteiger partial charge >= 0.3 is 0 Å². The monoisotopic (exact) mass is 344 g/mol. The molecule has 1 aliphatic rings. The zero-order valence-corrected chi connectivity index (χ0v) is 13.9. The van der Waals surface area contributed by atoms with Crippen molar-refractivity contribution in [3.63, 3.8) is 0 Å². The van der Waals surface area contributed by atoms with Gasteiger partial charge in [0, 0.05) is 6.07 Å². The van der Waals surface area contributed by atoms with Crippen molar-refractivity contribution in [2.24, 2.45) is 0 Å². The van der Waals surface area contributed by atoms with Gasteiger partial charge in [0.05, 0.1) is 12.2 Å². The lowest BCUT2D eigenvalue weighted by atomic mass is 10.1. The standard InChI is InChI=1S/C19H20O6/c1-2-22-14-3-5-15(6-4-14)23-10-13(20)11-24-16-7-8-17-18(21)12-25-19(17)9-16/h3-9,13,20H,2,10-12H2,1H3. The molecule has 0 radical (unpaired) electrons. The predicted molar refractivity (Wildman–Crippen MR) is 90.9 cm³/mol. The first-order chi connectivity index (χ1) is 12.2. The summed E-state index contributed by atoms with van der Waals surface area (Å²) in [7, 11) is 0. The number of ether oxygens (including phenoxy) is 4. The van der Waals surface area contributed by atoms with Gasteiger partial charge in [0.1, 0.15) is 42.3 Å². The third-order valence-corrected chi connectivity index (χ3v) is 3.63. The van der Waals surface area contributed by atoms with Crippen LogP contribution in [0.25, 0.3) is 0 Å². The number of carbonyl (C=O) groups excluding carboxylic acids is 1. The Morgan fingerprint density at radius 3 is 2.28 bits per heavy atom. The van der Waals surface area contributed by atoms with E-state index >= 15 is 0 Å². The second-order valence-electron chi connectivity index (χ2n) is 5.55. The van der Waals surface area contributed by atoms with Gasteiger partial charge < -0.3 is 24.1 Å². The Labute approximate surface area is 145 Å². The topological polar surface area (TPSA) is 74.2 Å². The van der Waals surface area contributed by atoms with Gasteiger partial charge in [0.25, 0.3) is 0 Å². The fourth-order valence-corrected chi connectivity index (χ4v) is 2.39. The summed E-state index contributed by atoms with van der Waals surface area (Å²) in [5, 5.41) is 9.99. The minimum atomic E-state index is -0.789. The Hall–Kier alpha value is -2.73. The molecule has 2 aromatic rings. The van der Waals surface area contributed by atoms with Crippen molar-refractivity contribution >= 4 is 5.78 Å². The van der Waals surface area contributed by atoms with Crippen LogP contribution in [0.15, 0.2) is 42.5 Å². The van der Waals surface area contributed by atoms with Crippen LogP contribution in [0.1, 0.15) is 17.3 Å². The van der Waals surface area contributed by atoms with E-state index < -0.39 is 6.10 Å². The van der Waals surface area contributed by atoms with E-state index in [0.29, 0.717) is 29.4 Å². The van der Waals surface area contributed by atoms with Crippen LogP contribution in [0.4, 0.5) is 0 Å². The van der Waals surface area contributed by atoms with Gasteiger partial charge in [-0.1, -0.05) is 0 Å². The molecule has 3 rings (SSSR count). The largest absolute Gasteiger partial charge is 0.494 e. The molecular weight excluding hydrogens is 324 g/mol. The summed E-state index contributed by atoms with van der Waals surface area (Å²) in [6.45, 7) is 2.78. The molecule has 6 nitrogen and oxygen atoms in total. The van der Waals surface area contributed by atoms with Crippen LogP contribution in [0.5, 0.6) is 23.0 Å². The lowest BCUT2D eigenvalue weighted by Crippen LogP contribution is -2.25. The van der Waals surface area contributed by atoms with Crippen molar-refractivity contribution in [1.29, 1.82) is 0 Å². The summed E-state index contributed by atoms with van der Waals surface area (Å²) in [5.41, 5.74) is 0.562. The number of ketones is 1. The maximum Gasteiger partial charge on any atom is 0.203 e. The fraction of sp³-hybridized carbons (Fsp3) is 0.316. The Morgan fingerprint density at radius 2 is 1.60 bits per heavy atom. The zero-order chi connectivity index (χ0) is 17.6. The van der Waals surface area contributed by atoms with Gasteiger partial charge in [-0.15, -0.1) is 0 Å². The van der Waals surface area contributed by atoms with Crippen molar-refractivity contribution in [2.45, 2.75) is 13.0 Å². The van der Waals surface area contributed by atoms with Crippen LogP contribution in [-0.4, -0.2) is 43.4 Å². The number of aliphatic hydroxyl groups excluding tert-OH is 1. The highest BCUT2D eigenvalue weighted by atomic mass is 16.5. The summed E-state index contributed by atoms with van der Waals surface area (Å²) in [4.78, 5) is 11.5. The zero-order valence-electron chi connectivity index (χ0n) is 13.9. The summed E-state index contributed by atoms with van der Waals surface area (Å²) < 4.78 is 21.7. The molecule has 1 N–H and O–H groups in total. The van der Waals surface area contributed by atoms with Crippen LogP contribution in [0.2, 0.25) is 0 Å². The van der Waals surface area contributed by atoms with Crippen LogP contribution in [0, 0.1) is 0 Å². The van der Waals surface area contributed by atoms with E-state index in [0.717, 1.165) is 5.75 Å². The maximum absolute atomic E-state index is 11.5. The Balaban J connectivity index is 1.45. The van der Waals surface area contributed by atoms with Gasteiger partial charge in [0.15, 0.2) is 6.61 Å². The Kier molecular flexibility index (Phi) is 5.40. The van der Waals surface area contributed by atoms with Crippen molar-refractivity contribution in [2.75, 3.05) is 26.4 Å². The smallest absolute Gasteiger partial charge is 0.203 e. The predicted octanol–water partition coefficient (Wildman–Crippen LogP) is 2.48. The quantitative estimate of drug-likeness (QED) is 0.793. The molecule has 0 saturated carbocycles. The van der Waals surface area contributed by atoms with Crippen LogP contribution >= 0.6 is 0 Å². The molecular formula is C19H20O6. The first kappa shape index (κ1) is 17.1. The van der Waals surface area contributed by atoms with Gasteiger partial charge in [-0.05, 0) is 43.3 Å². The van der Waals surface area contributed by atoms with Crippen molar-refractivity contribution in [3.05, 3.63) is 48.0 Å². The minimum absolute atomic E-state index is 0.0367. The van der Waals surface area contributed by atoms with Crippen molar-refractivity contribution < 1.29 is 28.8 Å². The highest BCUT2D eigenvalue weighted by Crippen LogP contribution is 2.29. The van der Waals surface area contributed by atoms with Gasteiger partial charge in [0.2, 0.25) is 5.78 Å². The van der Waals surface area contributed by atoms with Crippen LogP contribution < -0.4 is 18.9 Å². The normalized spacial score (nSPS) is 13.8. The molecule has 132 valence electrons. The molecule has 1 aliphatic heterocycles. The molecule has 25 heavy (non-hydrogen) atoms. The SMILES string of the molecule is CCOc1ccc(OCC(O)COc2ccc3c(c2)OCC3=O)cc1. The van der Waals surface area contributed by atoms with Gasteiger partial charge in [-0.25, -0.2) is 0 Å². The number of aliphatic hydroxyl groups is 1. The fourth-order valence-electron chi connectivity index (χ4n) is 2.39. The van der Waals surface area contributed by atoms with Crippen molar-refractivity contribution in [1.82, 2.24) is 0 Å². The molecule has 1 atom stereocenters. The van der Waals surface area contributed by atoms with Crippen molar-refractivity contribution in [3.8, 4) is 23.0 Å². The number of fused-ring (bicyclic) bond motifs is 1. The molecule has 0 bridgehead atoms. The third kappa shape index (κ3) is 4.42. The Morgan fingerprint density at radius 1 is 1.00 bits per heavy atom. The number of hydrogen-bond acceptors (Lipinski definition) is 6. The third-order valence-electron chi connectivity index (χ3n) is 3.63. The molecule has 0 aromatic heterocycles. The first-order valence-electron chi connectivity index (χ1n) is 8.12. The number of carbonyl (C=O) groups is 1. The second-order valence-corrected chi connectivity index (χ2v) is 5.55. The number of hydrogen-bond donors (Lipinski definition) is 1. The van der Waals surface area contributed by atoms with E-state index in [-0.39, 0.29) is 25.6 Å². The second kappa shape index (κ2) is 7.90. The molecule has 6 heteroatoms. The van der Waals surface area contributed by atoms with Crippen LogP contribution in [-0.2, 0) is 0 Å². The van der Waals surface area contributed by atoms with E-state index in [9.17, 15) is 9.90 Å². The summed E-state index contributed by atoms with van der Waals surface area (Å²) in [5.74, 6) is 2.43. The van der Waals surface area contributed by atoms with E-state index in [2.05, 4.69) is 0 Å². The van der Waals surface area contributed by atoms with E-state index in [1.165, 1.54) is 0 Å². The average molecular weight is 344 g/mol. The molecule has 0 saturated heterocycles. The van der Waals surface area contributed by atoms with E-state index in [4.69, 9.17) is 18.9 Å². The molecule has 2 aromatic carbocycles. The van der Waals surface area contributed by atoms with Crippen LogP contribution in [0.3, 0.4) is 0 Å². The first-order valence-corrected chi connectivity index (χ1v) is 8.12. The minimum Gasteiger partial charge on any atom is -0.494 e. The number of benzene rings is 2. The number of Topliss-reactive ketones (excluding diaryl/α,β-unsaturated/α-hetero) is 1. The maximum atomic E-state index is 11.5. The molecule has 0 amide bonds. The van der Waals surface area contributed by atoms with Gasteiger partial charge in [-0.3, -0.25) is 4.79 Å². The number of rotatable bonds is 8. The van der Waals surface area contributed by atoms with E-state index in [1.54, 1.807) is 30.3 Å². The lowest BCUT2D eigenvalue weighted by Gasteiger charge is -2.14. The summed E-state index contributed by atoms with van der Waals surface area (Å²) >= 11 is 0. The summed E-state index contributed by atoms with van der Waals surface area (Å²) in [6, 6.07) is 12.2. The highest BCUT2D eigenvalue weighted by Gasteiger charge is 2.21. The van der Waals surface area contributed by atoms with E-state index in [1.807, 2.05) is 19.1 Å². The Bertz CT molecular complexity index is 725. The van der Waals surface area contributed by atoms with Gasteiger partial charge in [-0.2, -0.15) is 0 Å². The summed E-state index contributed by atoms with van der Waals surface area (Å²) in [6.07, 6.45) is -0.789. The average Bonchev–Trinajstić information content (AvgIpc) is 3.00. The molecule has 1 heterocycles. The molecule has 1 unspecified atom stereocenters. The molecule has 0 aliphatic carbocycles. The molecule has 0 fully saturated rings. The highest BCUT2D eigenvalue weighted by molar-refractivity contribution is 6.02. The lowest BCUT2D eigenvalue weighted by molar-refractivity contribution is 0.0625. The molecule has 0 spiro atoms.